The first-order valence-electron chi connectivity index (χ1n) is 8.04. The standard InChI is InChI=1S/C12H24O2.C4H6O2.C2H4/c1-2-3-4-5-6-7-8-9-10-11-12(13)14;1-3-6-4(2)5;1-2/h2-11H2,1H3,(H,13,14);3H,1H2,2H3;1-2H2. The van der Waals surface area contributed by atoms with Crippen LogP contribution in [0.3, 0.4) is 0 Å². The molecule has 0 aromatic carbocycles. The second-order valence-corrected chi connectivity index (χ2v) is 4.75. The number of rotatable bonds is 11. The van der Waals surface area contributed by atoms with E-state index < -0.39 is 5.97 Å². The largest absolute Gasteiger partial charge is 0.481 e. The molecule has 0 spiro atoms. The molecular weight excluding hydrogens is 280 g/mol. The van der Waals surface area contributed by atoms with E-state index in [1.54, 1.807) is 0 Å². The van der Waals surface area contributed by atoms with Gasteiger partial charge in [0, 0.05) is 13.3 Å². The van der Waals surface area contributed by atoms with E-state index in [0.29, 0.717) is 6.42 Å². The molecule has 0 saturated carbocycles. The second-order valence-electron chi connectivity index (χ2n) is 4.75. The summed E-state index contributed by atoms with van der Waals surface area (Å²) in [4.78, 5) is 20.0. The van der Waals surface area contributed by atoms with Gasteiger partial charge in [0.2, 0.25) is 0 Å². The minimum Gasteiger partial charge on any atom is -0.481 e. The number of unbranched alkanes of at least 4 members (excludes halogenated alkanes) is 8. The number of aliphatic carboxylic acids is 1. The fraction of sp³-hybridized carbons (Fsp3) is 0.667. The Morgan fingerprint density at radius 1 is 0.955 bits per heavy atom. The number of carbonyl (C=O) groups excluding carboxylic acids is 1. The molecule has 4 heteroatoms. The van der Waals surface area contributed by atoms with Crippen molar-refractivity contribution in [1.29, 1.82) is 0 Å². The van der Waals surface area contributed by atoms with E-state index in [0.717, 1.165) is 19.1 Å². The van der Waals surface area contributed by atoms with E-state index in [2.05, 4.69) is 31.4 Å². The highest BCUT2D eigenvalue weighted by Crippen LogP contribution is 2.10. The minimum absolute atomic E-state index is 0.329. The first-order valence-corrected chi connectivity index (χ1v) is 8.04. The average Bonchev–Trinajstić information content (AvgIpc) is 2.48. The van der Waals surface area contributed by atoms with Gasteiger partial charge in [-0.05, 0) is 6.42 Å². The summed E-state index contributed by atoms with van der Waals surface area (Å²) in [6.07, 6.45) is 12.6. The molecule has 0 rings (SSSR count). The number of ether oxygens (including phenoxy) is 1. The summed E-state index contributed by atoms with van der Waals surface area (Å²) in [5, 5.41) is 8.41. The van der Waals surface area contributed by atoms with Crippen LogP contribution in [0.25, 0.3) is 0 Å². The van der Waals surface area contributed by atoms with Crippen LogP contribution in [0.4, 0.5) is 0 Å². The summed E-state index contributed by atoms with van der Waals surface area (Å²) < 4.78 is 4.17. The van der Waals surface area contributed by atoms with Crippen LogP contribution in [-0.4, -0.2) is 17.0 Å². The minimum atomic E-state index is -0.659. The number of carbonyl (C=O) groups is 2. The van der Waals surface area contributed by atoms with Gasteiger partial charge in [-0.1, -0.05) is 64.9 Å². The van der Waals surface area contributed by atoms with Crippen LogP contribution in [0, 0.1) is 0 Å². The van der Waals surface area contributed by atoms with Gasteiger partial charge in [0.05, 0.1) is 6.26 Å². The molecule has 22 heavy (non-hydrogen) atoms. The topological polar surface area (TPSA) is 63.6 Å². The van der Waals surface area contributed by atoms with Gasteiger partial charge in [-0.2, -0.15) is 0 Å². The zero-order valence-corrected chi connectivity index (χ0v) is 14.4. The van der Waals surface area contributed by atoms with E-state index in [4.69, 9.17) is 5.11 Å². The van der Waals surface area contributed by atoms with Gasteiger partial charge < -0.3 is 9.84 Å². The smallest absolute Gasteiger partial charge is 0.307 e. The maximum Gasteiger partial charge on any atom is 0.307 e. The Bertz CT molecular complexity index is 262. The van der Waals surface area contributed by atoms with Gasteiger partial charge >= 0.3 is 11.9 Å². The molecule has 1 N–H and O–H groups in total. The van der Waals surface area contributed by atoms with Gasteiger partial charge in [-0.15, -0.1) is 13.2 Å². The molecule has 0 atom stereocenters. The Hall–Kier alpha value is -1.58. The summed E-state index contributed by atoms with van der Waals surface area (Å²) in [5.41, 5.74) is 0. The molecular formula is C18H34O4. The van der Waals surface area contributed by atoms with Gasteiger partial charge in [0.15, 0.2) is 0 Å². The van der Waals surface area contributed by atoms with Crippen molar-refractivity contribution in [3.8, 4) is 0 Å². The van der Waals surface area contributed by atoms with Crippen molar-refractivity contribution in [2.24, 2.45) is 0 Å². The summed E-state index contributed by atoms with van der Waals surface area (Å²) >= 11 is 0. The third kappa shape index (κ3) is 36.2. The quantitative estimate of drug-likeness (QED) is 0.237. The van der Waals surface area contributed by atoms with E-state index in [-0.39, 0.29) is 5.97 Å². The zero-order valence-electron chi connectivity index (χ0n) is 14.4. The van der Waals surface area contributed by atoms with Crippen LogP contribution >= 0.6 is 0 Å². The fourth-order valence-electron chi connectivity index (χ4n) is 1.70. The van der Waals surface area contributed by atoms with E-state index in [1.165, 1.54) is 51.9 Å². The van der Waals surface area contributed by atoms with Crippen molar-refractivity contribution in [3.63, 3.8) is 0 Å². The first-order chi connectivity index (χ1) is 10.5. The number of hydrogen-bond donors (Lipinski definition) is 1. The Morgan fingerprint density at radius 2 is 1.36 bits per heavy atom. The number of hydrogen-bond acceptors (Lipinski definition) is 3. The summed E-state index contributed by atoms with van der Waals surface area (Å²) in [6.45, 7) is 12.7. The van der Waals surface area contributed by atoms with Crippen molar-refractivity contribution in [1.82, 2.24) is 0 Å². The SMILES string of the molecule is C=C.C=COC(C)=O.CCCCCCCCCCCC(=O)O. The van der Waals surface area contributed by atoms with Crippen LogP contribution in [-0.2, 0) is 14.3 Å². The van der Waals surface area contributed by atoms with E-state index in [9.17, 15) is 9.59 Å². The highest BCUT2D eigenvalue weighted by molar-refractivity contribution is 5.66. The van der Waals surface area contributed by atoms with E-state index >= 15 is 0 Å². The Kier molecular flexibility index (Phi) is 28.2. The lowest BCUT2D eigenvalue weighted by Gasteiger charge is -2.00. The van der Waals surface area contributed by atoms with Gasteiger partial charge in [-0.25, -0.2) is 0 Å². The Morgan fingerprint density at radius 3 is 1.64 bits per heavy atom. The third-order valence-corrected chi connectivity index (χ3v) is 2.74. The molecule has 4 nitrogen and oxygen atoms in total. The predicted molar refractivity (Wildman–Crippen MR) is 92.7 cm³/mol. The zero-order chi connectivity index (χ0) is 17.6. The summed E-state index contributed by atoms with van der Waals surface area (Å²) in [5.74, 6) is -0.988. The molecule has 0 aliphatic carbocycles. The molecule has 0 heterocycles. The van der Waals surface area contributed by atoms with Crippen molar-refractivity contribution in [3.05, 3.63) is 26.0 Å². The second kappa shape index (κ2) is 24.4. The van der Waals surface area contributed by atoms with Gasteiger partial charge in [0.25, 0.3) is 0 Å². The lowest BCUT2D eigenvalue weighted by atomic mass is 10.1. The van der Waals surface area contributed by atoms with Crippen LogP contribution in [0.5, 0.6) is 0 Å². The fourth-order valence-corrected chi connectivity index (χ4v) is 1.70. The number of esters is 1. The van der Waals surface area contributed by atoms with Crippen LogP contribution in [0.2, 0.25) is 0 Å². The molecule has 0 unspecified atom stereocenters. The van der Waals surface area contributed by atoms with Crippen molar-refractivity contribution in [2.45, 2.75) is 78.1 Å². The molecule has 0 fully saturated rings. The molecule has 0 aliphatic heterocycles. The van der Waals surface area contributed by atoms with Crippen LogP contribution in [0.1, 0.15) is 78.1 Å². The van der Waals surface area contributed by atoms with Crippen LogP contribution in [0.15, 0.2) is 26.0 Å². The van der Waals surface area contributed by atoms with Gasteiger partial charge in [0.1, 0.15) is 0 Å². The average molecular weight is 314 g/mol. The molecule has 0 radical (unpaired) electrons. The summed E-state index contributed by atoms with van der Waals surface area (Å²) in [7, 11) is 0. The highest BCUT2D eigenvalue weighted by atomic mass is 16.5. The predicted octanol–water partition coefficient (Wildman–Crippen LogP) is 5.49. The van der Waals surface area contributed by atoms with E-state index in [1.807, 2.05) is 0 Å². The highest BCUT2D eigenvalue weighted by Gasteiger charge is 1.96. The lowest BCUT2D eigenvalue weighted by molar-refractivity contribution is -0.137. The third-order valence-electron chi connectivity index (χ3n) is 2.74. The van der Waals surface area contributed by atoms with Gasteiger partial charge in [-0.3, -0.25) is 9.59 Å². The molecule has 130 valence electrons. The molecule has 0 aromatic rings. The molecule has 0 aliphatic rings. The molecule has 0 aromatic heterocycles. The van der Waals surface area contributed by atoms with Crippen molar-refractivity contribution in [2.75, 3.05) is 0 Å². The number of carboxylic acid groups (broad SMARTS) is 1. The maximum atomic E-state index is 10.2. The van der Waals surface area contributed by atoms with Crippen molar-refractivity contribution < 1.29 is 19.4 Å². The molecule has 0 saturated heterocycles. The normalized spacial score (nSPS) is 8.64. The first kappa shape index (κ1) is 25.4. The Labute approximate surface area is 136 Å². The maximum absolute atomic E-state index is 10.2. The Balaban J connectivity index is -0.000000378. The van der Waals surface area contributed by atoms with Crippen LogP contribution < -0.4 is 0 Å². The number of carboxylic acids is 1. The monoisotopic (exact) mass is 314 g/mol. The molecule has 0 amide bonds. The van der Waals surface area contributed by atoms with Crippen molar-refractivity contribution >= 4 is 11.9 Å². The lowest BCUT2D eigenvalue weighted by Crippen LogP contribution is -1.93. The summed E-state index contributed by atoms with van der Waals surface area (Å²) in [6, 6.07) is 0. The molecule has 0 bridgehead atoms.